The molecule has 0 saturated heterocycles. The van der Waals surface area contributed by atoms with Gasteiger partial charge in [0.2, 0.25) is 0 Å². The molecule has 96 valence electrons. The molecule has 0 aliphatic carbocycles. The van der Waals surface area contributed by atoms with Crippen molar-refractivity contribution in [2.75, 3.05) is 13.2 Å². The summed E-state index contributed by atoms with van der Waals surface area (Å²) in [5.74, 6) is 0. The molecule has 0 rings (SSSR count). The molecule has 4 heteroatoms. The molecule has 0 atom stereocenters. The lowest BCUT2D eigenvalue weighted by Crippen LogP contribution is -2.39. The minimum atomic E-state index is -1.87. The van der Waals surface area contributed by atoms with Crippen molar-refractivity contribution in [3.05, 3.63) is 12.3 Å². The average molecular weight is 261 g/mol. The Kier molecular flexibility index (Phi) is 7.47. The van der Waals surface area contributed by atoms with Gasteiger partial charge in [0.1, 0.15) is 0 Å². The molecular formula is C12H28O2Si2. The van der Waals surface area contributed by atoms with E-state index in [9.17, 15) is 0 Å². The van der Waals surface area contributed by atoms with Gasteiger partial charge in [0.25, 0.3) is 0 Å². The van der Waals surface area contributed by atoms with E-state index in [0.717, 1.165) is 19.3 Å². The highest BCUT2D eigenvalue weighted by Gasteiger charge is 2.30. The Morgan fingerprint density at radius 1 is 1.00 bits per heavy atom. The Balaban J connectivity index is 4.07. The molecule has 0 aliphatic heterocycles. The van der Waals surface area contributed by atoms with Crippen molar-refractivity contribution < 1.29 is 8.85 Å². The van der Waals surface area contributed by atoms with Crippen LogP contribution < -0.4 is 0 Å². The molecule has 0 aliphatic rings. The van der Waals surface area contributed by atoms with Crippen LogP contribution in [0.2, 0.25) is 31.7 Å². The second-order valence-corrected chi connectivity index (χ2v) is 13.3. The lowest BCUT2D eigenvalue weighted by molar-refractivity contribution is 0.188. The summed E-state index contributed by atoms with van der Waals surface area (Å²) in [4.78, 5) is 0. The second-order valence-electron chi connectivity index (χ2n) is 5.05. The van der Waals surface area contributed by atoms with E-state index in [1.807, 2.05) is 13.8 Å². The zero-order chi connectivity index (χ0) is 12.7. The van der Waals surface area contributed by atoms with Gasteiger partial charge in [-0.2, -0.15) is 0 Å². The van der Waals surface area contributed by atoms with Gasteiger partial charge in [-0.15, -0.1) is 12.3 Å². The molecule has 0 aromatic heterocycles. The fourth-order valence-corrected chi connectivity index (χ4v) is 5.82. The first-order valence-electron chi connectivity index (χ1n) is 6.30. The van der Waals surface area contributed by atoms with Crippen molar-refractivity contribution in [3.63, 3.8) is 0 Å². The zero-order valence-electron chi connectivity index (χ0n) is 11.6. The predicted molar refractivity (Wildman–Crippen MR) is 76.8 cm³/mol. The highest BCUT2D eigenvalue weighted by Crippen LogP contribution is 2.21. The van der Waals surface area contributed by atoms with Gasteiger partial charge in [-0.1, -0.05) is 25.6 Å². The predicted octanol–water partition coefficient (Wildman–Crippen LogP) is 3.96. The van der Waals surface area contributed by atoms with Crippen molar-refractivity contribution in [1.29, 1.82) is 0 Å². The maximum atomic E-state index is 5.82. The zero-order valence-corrected chi connectivity index (χ0v) is 13.6. The summed E-state index contributed by atoms with van der Waals surface area (Å²) in [6, 6.07) is 2.40. The van der Waals surface area contributed by atoms with E-state index in [4.69, 9.17) is 8.85 Å². The molecule has 0 aromatic rings. The fourth-order valence-electron chi connectivity index (χ4n) is 1.76. The SMILES string of the molecule is C=C[Si](C)(C)CCC[Si](C)(OCC)OCC. The van der Waals surface area contributed by atoms with Gasteiger partial charge in [0, 0.05) is 13.2 Å². The van der Waals surface area contributed by atoms with E-state index >= 15 is 0 Å². The quantitative estimate of drug-likeness (QED) is 0.584. The van der Waals surface area contributed by atoms with E-state index < -0.39 is 16.6 Å². The van der Waals surface area contributed by atoms with Crippen LogP contribution in [0.4, 0.5) is 0 Å². The van der Waals surface area contributed by atoms with Crippen molar-refractivity contribution in [1.82, 2.24) is 0 Å². The largest absolute Gasteiger partial charge is 0.395 e. The van der Waals surface area contributed by atoms with Crippen LogP contribution in [0.3, 0.4) is 0 Å². The summed E-state index contributed by atoms with van der Waals surface area (Å²) in [7, 11) is -3.02. The highest BCUT2D eigenvalue weighted by atomic mass is 28.4. The van der Waals surface area contributed by atoms with Crippen LogP contribution in [0.1, 0.15) is 20.3 Å². The van der Waals surface area contributed by atoms with Crippen molar-refractivity contribution in [2.45, 2.75) is 52.0 Å². The van der Waals surface area contributed by atoms with Gasteiger partial charge in [-0.05, 0) is 26.4 Å². The van der Waals surface area contributed by atoms with Gasteiger partial charge in [0.15, 0.2) is 0 Å². The van der Waals surface area contributed by atoms with Crippen LogP contribution in [0.25, 0.3) is 0 Å². The summed E-state index contributed by atoms with van der Waals surface area (Å²) in [6.07, 6.45) is 1.22. The molecule has 0 aromatic carbocycles. The molecule has 0 heterocycles. The lowest BCUT2D eigenvalue weighted by Gasteiger charge is -2.27. The Morgan fingerprint density at radius 3 is 1.88 bits per heavy atom. The van der Waals surface area contributed by atoms with Gasteiger partial charge >= 0.3 is 8.56 Å². The molecule has 16 heavy (non-hydrogen) atoms. The van der Waals surface area contributed by atoms with E-state index in [1.165, 1.54) is 12.5 Å². The first-order valence-corrected chi connectivity index (χ1v) is 12.1. The van der Waals surface area contributed by atoms with Gasteiger partial charge in [-0.25, -0.2) is 0 Å². The maximum Gasteiger partial charge on any atom is 0.334 e. The highest BCUT2D eigenvalue weighted by molar-refractivity contribution is 6.82. The molecule has 2 nitrogen and oxygen atoms in total. The van der Waals surface area contributed by atoms with Crippen LogP contribution in [-0.2, 0) is 8.85 Å². The Bertz CT molecular complexity index is 199. The van der Waals surface area contributed by atoms with Crippen LogP contribution >= 0.6 is 0 Å². The van der Waals surface area contributed by atoms with Gasteiger partial charge in [0.05, 0.1) is 8.07 Å². The second kappa shape index (κ2) is 7.43. The van der Waals surface area contributed by atoms with Gasteiger partial charge < -0.3 is 8.85 Å². The third-order valence-electron chi connectivity index (χ3n) is 2.90. The third-order valence-corrected chi connectivity index (χ3v) is 8.71. The first-order chi connectivity index (χ1) is 7.39. The van der Waals surface area contributed by atoms with Crippen LogP contribution in [0.5, 0.6) is 0 Å². The summed E-state index contributed by atoms with van der Waals surface area (Å²) in [6.45, 7) is 16.5. The minimum Gasteiger partial charge on any atom is -0.395 e. The molecule has 0 unspecified atom stereocenters. The summed E-state index contributed by atoms with van der Waals surface area (Å²) in [5.41, 5.74) is 2.17. The fraction of sp³-hybridized carbons (Fsp3) is 0.833. The smallest absolute Gasteiger partial charge is 0.334 e. The summed E-state index contributed by atoms with van der Waals surface area (Å²) in [5, 5.41) is 0. The topological polar surface area (TPSA) is 18.5 Å². The molecular weight excluding hydrogens is 232 g/mol. The molecule has 0 radical (unpaired) electrons. The van der Waals surface area contributed by atoms with Crippen LogP contribution in [0.15, 0.2) is 12.3 Å². The number of hydrogen-bond donors (Lipinski definition) is 0. The van der Waals surface area contributed by atoms with E-state index in [0.29, 0.717) is 0 Å². The molecule has 0 bridgehead atoms. The number of hydrogen-bond acceptors (Lipinski definition) is 2. The van der Waals surface area contributed by atoms with Crippen molar-refractivity contribution >= 4 is 16.6 Å². The van der Waals surface area contributed by atoms with Crippen LogP contribution in [-0.4, -0.2) is 29.8 Å². The maximum absolute atomic E-state index is 5.82. The molecule has 0 spiro atoms. The summed E-state index contributed by atoms with van der Waals surface area (Å²) < 4.78 is 11.6. The first kappa shape index (κ1) is 16.1. The monoisotopic (exact) mass is 260 g/mol. The van der Waals surface area contributed by atoms with E-state index in [2.05, 4.69) is 31.9 Å². The van der Waals surface area contributed by atoms with Crippen molar-refractivity contribution in [2.24, 2.45) is 0 Å². The molecule has 0 saturated carbocycles. The molecule has 0 amide bonds. The van der Waals surface area contributed by atoms with Crippen LogP contribution in [0, 0.1) is 0 Å². The number of rotatable bonds is 9. The van der Waals surface area contributed by atoms with Gasteiger partial charge in [-0.3, -0.25) is 0 Å². The minimum absolute atomic E-state index is 0.769. The Hall–Kier alpha value is 0.0938. The molecule has 0 N–H and O–H groups in total. The summed E-state index contributed by atoms with van der Waals surface area (Å²) >= 11 is 0. The Morgan fingerprint density at radius 2 is 1.50 bits per heavy atom. The Labute approximate surface area is 103 Å². The van der Waals surface area contributed by atoms with E-state index in [-0.39, 0.29) is 0 Å². The molecule has 0 fully saturated rings. The normalized spacial score (nSPS) is 12.8. The average Bonchev–Trinajstić information content (AvgIpc) is 2.18. The van der Waals surface area contributed by atoms with E-state index in [1.54, 1.807) is 0 Å². The van der Waals surface area contributed by atoms with Crippen molar-refractivity contribution in [3.8, 4) is 0 Å². The standard InChI is InChI=1S/C12H28O2Si2/c1-7-13-16(6,14-8-2)12-10-11-15(4,5)9-3/h9H,3,7-8,10-12H2,1-2,4-6H3. The lowest BCUT2D eigenvalue weighted by atomic mass is 10.6. The third kappa shape index (κ3) is 6.63.